The molecule has 2 aromatic rings. The van der Waals surface area contributed by atoms with Crippen LogP contribution in [0.3, 0.4) is 0 Å². The van der Waals surface area contributed by atoms with Gasteiger partial charge in [-0.15, -0.1) is 0 Å². The molecule has 0 aliphatic carbocycles. The van der Waals surface area contributed by atoms with Crippen LogP contribution in [0.15, 0.2) is 42.5 Å². The molecule has 0 amide bonds. The van der Waals surface area contributed by atoms with Gasteiger partial charge in [0.2, 0.25) is 0 Å². The molecule has 0 atom stereocenters. The minimum Gasteiger partial charge on any atom is -1.00 e. The van der Waals surface area contributed by atoms with Crippen LogP contribution in [0.25, 0.3) is 10.8 Å². The van der Waals surface area contributed by atoms with E-state index in [2.05, 4.69) is 6.92 Å². The molecule has 2 rings (SSSR count). The third-order valence-electron chi connectivity index (χ3n) is 5.21. The monoisotopic (exact) mass is 444 g/mol. The Bertz CT molecular complexity index is 791. The van der Waals surface area contributed by atoms with Gasteiger partial charge >= 0.3 is 61.5 Å². The van der Waals surface area contributed by atoms with Crippen LogP contribution in [-0.2, 0) is 10.1 Å². The Morgan fingerprint density at radius 1 is 0.724 bits per heavy atom. The molecule has 0 aliphatic rings. The molecule has 5 heteroatoms. The molecular weight excluding hydrogens is 407 g/mol. The zero-order chi connectivity index (χ0) is 20.1. The van der Waals surface area contributed by atoms with Crippen molar-refractivity contribution in [3.63, 3.8) is 0 Å². The second-order valence-electron chi connectivity index (χ2n) is 7.71. The fourth-order valence-electron chi connectivity index (χ4n) is 3.57. The Balaban J connectivity index is 0.00000420. The Kier molecular flexibility index (Phi) is 14.8. The van der Waals surface area contributed by atoms with E-state index in [0.29, 0.717) is 12.2 Å². The number of unbranched alkanes of at least 4 members (excludes halogenated alkanes) is 11. The summed E-state index contributed by atoms with van der Waals surface area (Å²) >= 11 is 0. The number of fused-ring (bicyclic) bond motifs is 1. The Hall–Kier alpha value is 0.0864. The Morgan fingerprint density at radius 3 is 1.86 bits per heavy atom. The second kappa shape index (κ2) is 15.8. The van der Waals surface area contributed by atoms with Gasteiger partial charge in [-0.1, -0.05) is 114 Å². The molecule has 0 bridgehead atoms. The van der Waals surface area contributed by atoms with Gasteiger partial charge in [0.05, 0.1) is 5.75 Å². The van der Waals surface area contributed by atoms with Crippen molar-refractivity contribution in [2.24, 2.45) is 0 Å². The number of benzene rings is 2. The van der Waals surface area contributed by atoms with E-state index in [1.807, 2.05) is 36.4 Å². The summed E-state index contributed by atoms with van der Waals surface area (Å²) in [5.41, 5.74) is 0. The quantitative estimate of drug-likeness (QED) is 0.233. The molecule has 0 radical (unpaired) electrons. The Labute approximate surface area is 222 Å². The third kappa shape index (κ3) is 11.3. The SMILES string of the molecule is CCCCCCCCCCCCCCS(=O)(=O)Oc1cccc2ccccc12.[H-].[K+]. The molecule has 0 fully saturated rings. The van der Waals surface area contributed by atoms with Gasteiger partial charge in [0.25, 0.3) is 0 Å². The zero-order valence-electron chi connectivity index (χ0n) is 19.4. The molecule has 158 valence electrons. The van der Waals surface area contributed by atoms with Crippen LogP contribution in [0.1, 0.15) is 85.4 Å². The molecular formula is C24H37KO3S. The van der Waals surface area contributed by atoms with Crippen molar-refractivity contribution in [1.82, 2.24) is 0 Å². The maximum atomic E-state index is 12.3. The average Bonchev–Trinajstić information content (AvgIpc) is 2.69. The molecule has 0 aromatic heterocycles. The van der Waals surface area contributed by atoms with Crippen molar-refractivity contribution in [3.8, 4) is 5.75 Å². The van der Waals surface area contributed by atoms with Crippen LogP contribution >= 0.6 is 0 Å². The van der Waals surface area contributed by atoms with Crippen LogP contribution in [-0.4, -0.2) is 14.2 Å². The fraction of sp³-hybridized carbons (Fsp3) is 0.583. The minimum atomic E-state index is -3.54. The molecule has 0 saturated carbocycles. The maximum Gasteiger partial charge on any atom is 1.00 e. The zero-order valence-corrected chi connectivity index (χ0v) is 22.3. The summed E-state index contributed by atoms with van der Waals surface area (Å²) < 4.78 is 30.0. The second-order valence-corrected chi connectivity index (χ2v) is 9.40. The van der Waals surface area contributed by atoms with Gasteiger partial charge in [-0.3, -0.25) is 0 Å². The number of rotatable bonds is 15. The molecule has 0 spiro atoms. The van der Waals surface area contributed by atoms with Crippen molar-refractivity contribution < 1.29 is 65.4 Å². The molecule has 0 heterocycles. The molecule has 3 nitrogen and oxygen atoms in total. The summed E-state index contributed by atoms with van der Waals surface area (Å²) in [6, 6.07) is 13.2. The topological polar surface area (TPSA) is 43.4 Å². The first kappa shape index (κ1) is 27.1. The van der Waals surface area contributed by atoms with Gasteiger partial charge in [-0.05, 0) is 17.9 Å². The Morgan fingerprint density at radius 2 is 1.24 bits per heavy atom. The summed E-state index contributed by atoms with van der Waals surface area (Å²) in [6.45, 7) is 2.25. The molecule has 29 heavy (non-hydrogen) atoms. The van der Waals surface area contributed by atoms with Gasteiger partial charge < -0.3 is 5.61 Å². The van der Waals surface area contributed by atoms with Crippen LogP contribution in [0.4, 0.5) is 0 Å². The van der Waals surface area contributed by atoms with Crippen LogP contribution < -0.4 is 55.6 Å². The predicted octanol–water partition coefficient (Wildman–Crippen LogP) is 4.37. The summed E-state index contributed by atoms with van der Waals surface area (Å²) in [7, 11) is -3.54. The summed E-state index contributed by atoms with van der Waals surface area (Å²) in [6.07, 6.45) is 14.7. The van der Waals surface area contributed by atoms with E-state index in [1.165, 1.54) is 57.8 Å². The minimum absolute atomic E-state index is 0. The van der Waals surface area contributed by atoms with E-state index < -0.39 is 10.1 Å². The summed E-state index contributed by atoms with van der Waals surface area (Å²) in [4.78, 5) is 0. The van der Waals surface area contributed by atoms with E-state index in [-0.39, 0.29) is 58.6 Å². The molecule has 0 N–H and O–H groups in total. The molecule has 0 saturated heterocycles. The normalized spacial score (nSPS) is 11.3. The van der Waals surface area contributed by atoms with Crippen molar-refractivity contribution in [2.75, 3.05) is 5.75 Å². The largest absolute Gasteiger partial charge is 1.00 e. The first-order chi connectivity index (χ1) is 13.6. The van der Waals surface area contributed by atoms with Crippen LogP contribution in [0.5, 0.6) is 5.75 Å². The van der Waals surface area contributed by atoms with Gasteiger partial charge in [0, 0.05) is 5.39 Å². The first-order valence-electron chi connectivity index (χ1n) is 11.0. The van der Waals surface area contributed by atoms with Crippen LogP contribution in [0, 0.1) is 0 Å². The van der Waals surface area contributed by atoms with E-state index in [9.17, 15) is 8.42 Å². The molecule has 2 aromatic carbocycles. The van der Waals surface area contributed by atoms with Gasteiger partial charge in [-0.25, -0.2) is 0 Å². The fourth-order valence-corrected chi connectivity index (χ4v) is 4.63. The molecule has 0 aliphatic heterocycles. The number of hydrogen-bond donors (Lipinski definition) is 0. The van der Waals surface area contributed by atoms with Crippen molar-refractivity contribution in [2.45, 2.75) is 84.0 Å². The van der Waals surface area contributed by atoms with Crippen LogP contribution in [0.2, 0.25) is 0 Å². The van der Waals surface area contributed by atoms with Gasteiger partial charge in [0.1, 0.15) is 5.75 Å². The third-order valence-corrected chi connectivity index (χ3v) is 6.44. The summed E-state index contributed by atoms with van der Waals surface area (Å²) in [5.74, 6) is 0.519. The standard InChI is InChI=1S/C24H36O3S.K.H/c1-2-3-4-5-6-7-8-9-10-11-12-15-21-28(25,26)27-24-20-16-18-22-17-13-14-19-23(22)24;;/h13-14,16-20H,2-12,15,21H2,1H3;;/q;+1;-1. The number of hydrogen-bond acceptors (Lipinski definition) is 3. The average molecular weight is 445 g/mol. The van der Waals surface area contributed by atoms with Gasteiger partial charge in [0.15, 0.2) is 0 Å². The first-order valence-corrected chi connectivity index (χ1v) is 12.6. The van der Waals surface area contributed by atoms with Crippen molar-refractivity contribution in [1.29, 1.82) is 0 Å². The maximum absolute atomic E-state index is 12.3. The van der Waals surface area contributed by atoms with E-state index >= 15 is 0 Å². The van der Waals surface area contributed by atoms with Crippen molar-refractivity contribution >= 4 is 20.9 Å². The van der Waals surface area contributed by atoms with E-state index in [0.717, 1.165) is 23.6 Å². The predicted molar refractivity (Wildman–Crippen MR) is 121 cm³/mol. The van der Waals surface area contributed by atoms with E-state index in [1.54, 1.807) is 6.07 Å². The summed E-state index contributed by atoms with van der Waals surface area (Å²) in [5, 5.41) is 1.82. The smallest absolute Gasteiger partial charge is 1.00 e. The van der Waals surface area contributed by atoms with Crippen molar-refractivity contribution in [3.05, 3.63) is 42.5 Å². The van der Waals surface area contributed by atoms with E-state index in [4.69, 9.17) is 4.18 Å². The molecule has 0 unspecified atom stereocenters. The van der Waals surface area contributed by atoms with Gasteiger partial charge in [-0.2, -0.15) is 8.42 Å².